The summed E-state index contributed by atoms with van der Waals surface area (Å²) >= 11 is 0. The monoisotopic (exact) mass is 314 g/mol. The van der Waals surface area contributed by atoms with Gasteiger partial charge in [0.1, 0.15) is 11.4 Å². The van der Waals surface area contributed by atoms with Crippen LogP contribution in [0, 0.1) is 10.1 Å². The molecular formula is C8H9F3N4O4S. The Hall–Kier alpha value is -1.92. The summed E-state index contributed by atoms with van der Waals surface area (Å²) in [6.07, 6.45) is -4.73. The van der Waals surface area contributed by atoms with E-state index in [1.807, 2.05) is 5.43 Å². The van der Waals surface area contributed by atoms with E-state index in [1.165, 1.54) is 4.72 Å². The zero-order valence-electron chi connectivity index (χ0n) is 9.64. The molecule has 1 rings (SSSR count). The fraction of sp³-hybridized carbons (Fsp3) is 0.250. The van der Waals surface area contributed by atoms with Gasteiger partial charge in [-0.05, 0) is 6.07 Å². The number of nitrogens with one attached hydrogen (secondary N) is 2. The van der Waals surface area contributed by atoms with Crippen molar-refractivity contribution < 1.29 is 26.5 Å². The standard InChI is InChI=1S/C8H9F3N4O4S/c9-8(10,11)4-13-20(18,19)7-2-1-5(15(16)17)3-6(7)14-12/h1-3,13-14H,4,12H2. The van der Waals surface area contributed by atoms with Gasteiger partial charge in [-0.1, -0.05) is 0 Å². The highest BCUT2D eigenvalue weighted by atomic mass is 32.2. The Bertz CT molecular complexity index is 617. The number of benzene rings is 1. The Kier molecular flexibility index (Phi) is 4.52. The zero-order valence-corrected chi connectivity index (χ0v) is 10.5. The number of halogens is 3. The molecule has 0 spiro atoms. The van der Waals surface area contributed by atoms with Crippen LogP contribution in [0.4, 0.5) is 24.5 Å². The average Bonchev–Trinajstić information content (AvgIpc) is 2.35. The fourth-order valence-electron chi connectivity index (χ4n) is 1.23. The predicted octanol–water partition coefficient (Wildman–Crippen LogP) is 0.721. The molecule has 12 heteroatoms. The Morgan fingerprint density at radius 1 is 1.35 bits per heavy atom. The van der Waals surface area contributed by atoms with Gasteiger partial charge >= 0.3 is 6.18 Å². The van der Waals surface area contributed by atoms with Crippen LogP contribution in [0.1, 0.15) is 0 Å². The molecular weight excluding hydrogens is 305 g/mol. The van der Waals surface area contributed by atoms with Crippen LogP contribution in [0.5, 0.6) is 0 Å². The van der Waals surface area contributed by atoms with Crippen LogP contribution in [0.3, 0.4) is 0 Å². The van der Waals surface area contributed by atoms with Gasteiger partial charge in [0, 0.05) is 12.1 Å². The minimum atomic E-state index is -4.73. The molecule has 8 nitrogen and oxygen atoms in total. The highest BCUT2D eigenvalue weighted by Crippen LogP contribution is 2.26. The summed E-state index contributed by atoms with van der Waals surface area (Å²) in [4.78, 5) is 9.08. The molecule has 0 aliphatic heterocycles. The fourth-order valence-corrected chi connectivity index (χ4v) is 2.40. The van der Waals surface area contributed by atoms with Crippen molar-refractivity contribution in [3.8, 4) is 0 Å². The average molecular weight is 314 g/mol. The molecule has 0 amide bonds. The minimum Gasteiger partial charge on any atom is -0.323 e. The number of hydrogen-bond acceptors (Lipinski definition) is 6. The lowest BCUT2D eigenvalue weighted by atomic mass is 10.3. The number of alkyl halides is 3. The number of nitro benzene ring substituents is 1. The molecule has 0 radical (unpaired) electrons. The third kappa shape index (κ3) is 4.04. The molecule has 0 atom stereocenters. The normalized spacial score (nSPS) is 12.2. The molecule has 0 bridgehead atoms. The molecule has 0 saturated heterocycles. The largest absolute Gasteiger partial charge is 0.402 e. The Labute approximate surface area is 110 Å². The van der Waals surface area contributed by atoms with Crippen LogP contribution in [0.25, 0.3) is 0 Å². The second-order valence-electron chi connectivity index (χ2n) is 3.52. The van der Waals surface area contributed by atoms with Gasteiger partial charge in [0.2, 0.25) is 10.0 Å². The lowest BCUT2D eigenvalue weighted by Crippen LogP contribution is -2.34. The number of nitrogen functional groups attached to an aromatic ring is 1. The number of nitro groups is 1. The lowest BCUT2D eigenvalue weighted by molar-refractivity contribution is -0.384. The van der Waals surface area contributed by atoms with Crippen molar-refractivity contribution in [3.05, 3.63) is 28.3 Å². The van der Waals surface area contributed by atoms with Crippen LogP contribution in [0.15, 0.2) is 23.1 Å². The summed E-state index contributed by atoms with van der Waals surface area (Å²) in [5, 5.41) is 10.5. The summed E-state index contributed by atoms with van der Waals surface area (Å²) in [5.41, 5.74) is 1.03. The molecule has 20 heavy (non-hydrogen) atoms. The van der Waals surface area contributed by atoms with Crippen molar-refractivity contribution in [2.75, 3.05) is 12.0 Å². The van der Waals surface area contributed by atoms with Gasteiger partial charge in [-0.2, -0.15) is 13.2 Å². The number of rotatable bonds is 5. The maximum Gasteiger partial charge on any atom is 0.402 e. The van der Waals surface area contributed by atoms with Crippen molar-refractivity contribution in [2.45, 2.75) is 11.1 Å². The van der Waals surface area contributed by atoms with Crippen molar-refractivity contribution >= 4 is 21.4 Å². The zero-order chi connectivity index (χ0) is 15.6. The van der Waals surface area contributed by atoms with E-state index in [9.17, 15) is 31.7 Å². The van der Waals surface area contributed by atoms with Gasteiger partial charge in [-0.25, -0.2) is 13.1 Å². The molecule has 4 N–H and O–H groups in total. The molecule has 0 heterocycles. The van der Waals surface area contributed by atoms with Crippen molar-refractivity contribution in [1.82, 2.24) is 4.72 Å². The summed E-state index contributed by atoms with van der Waals surface area (Å²) in [6.45, 7) is -1.77. The number of non-ortho nitro benzene ring substituents is 1. The maximum atomic E-state index is 12.0. The van der Waals surface area contributed by atoms with Crippen LogP contribution in [0.2, 0.25) is 0 Å². The number of nitrogens with two attached hydrogens (primary N) is 1. The summed E-state index contributed by atoms with van der Waals surface area (Å²) in [7, 11) is -4.51. The van der Waals surface area contributed by atoms with E-state index >= 15 is 0 Å². The van der Waals surface area contributed by atoms with Crippen molar-refractivity contribution in [2.24, 2.45) is 5.84 Å². The van der Waals surface area contributed by atoms with Gasteiger partial charge in [-0.15, -0.1) is 0 Å². The van der Waals surface area contributed by atoms with Gasteiger partial charge in [0.05, 0.1) is 10.6 Å². The van der Waals surface area contributed by atoms with Gasteiger partial charge in [-0.3, -0.25) is 16.0 Å². The van der Waals surface area contributed by atoms with Gasteiger partial charge in [0.25, 0.3) is 5.69 Å². The molecule has 0 unspecified atom stereocenters. The van der Waals surface area contributed by atoms with Crippen molar-refractivity contribution in [3.63, 3.8) is 0 Å². The van der Waals surface area contributed by atoms with E-state index in [-0.39, 0.29) is 0 Å². The van der Waals surface area contributed by atoms with E-state index in [0.717, 1.165) is 18.2 Å². The topological polar surface area (TPSA) is 127 Å². The summed E-state index contributed by atoms with van der Waals surface area (Å²) in [6, 6.07) is 2.41. The molecule has 0 fully saturated rings. The quantitative estimate of drug-likeness (QED) is 0.417. The first-order valence-corrected chi connectivity index (χ1v) is 6.36. The SMILES string of the molecule is NNc1cc([N+](=O)[O-])ccc1S(=O)(=O)NCC(F)(F)F. The second kappa shape index (κ2) is 5.60. The number of nitrogens with zero attached hydrogens (tertiary/aromatic N) is 1. The van der Waals surface area contributed by atoms with E-state index in [2.05, 4.69) is 0 Å². The minimum absolute atomic E-state index is 0.395. The molecule has 1 aromatic rings. The van der Waals surface area contributed by atoms with Crippen LogP contribution < -0.4 is 16.0 Å². The smallest absolute Gasteiger partial charge is 0.323 e. The number of hydrogen-bond donors (Lipinski definition) is 3. The van der Waals surface area contributed by atoms with Crippen LogP contribution >= 0.6 is 0 Å². The maximum absolute atomic E-state index is 12.0. The van der Waals surface area contributed by atoms with E-state index in [0.29, 0.717) is 0 Å². The third-order valence-corrected chi connectivity index (χ3v) is 3.54. The third-order valence-electron chi connectivity index (χ3n) is 2.08. The number of hydrazine groups is 1. The summed E-state index contributed by atoms with van der Waals surface area (Å²) < 4.78 is 60.6. The van der Waals surface area contributed by atoms with E-state index < -0.39 is 43.9 Å². The number of sulfonamides is 1. The van der Waals surface area contributed by atoms with Gasteiger partial charge < -0.3 is 5.43 Å². The summed E-state index contributed by atoms with van der Waals surface area (Å²) in [5.74, 6) is 5.01. The number of anilines is 1. The molecule has 0 aromatic heterocycles. The highest BCUT2D eigenvalue weighted by molar-refractivity contribution is 7.89. The van der Waals surface area contributed by atoms with Crippen LogP contribution in [-0.2, 0) is 10.0 Å². The van der Waals surface area contributed by atoms with Crippen molar-refractivity contribution in [1.29, 1.82) is 0 Å². The van der Waals surface area contributed by atoms with E-state index in [4.69, 9.17) is 5.84 Å². The molecule has 0 saturated carbocycles. The lowest BCUT2D eigenvalue weighted by Gasteiger charge is -2.12. The molecule has 0 aliphatic rings. The first-order valence-electron chi connectivity index (χ1n) is 4.88. The Morgan fingerprint density at radius 3 is 2.40 bits per heavy atom. The van der Waals surface area contributed by atoms with Gasteiger partial charge in [0.15, 0.2) is 0 Å². The van der Waals surface area contributed by atoms with Crippen LogP contribution in [-0.4, -0.2) is 26.1 Å². The molecule has 112 valence electrons. The highest BCUT2D eigenvalue weighted by Gasteiger charge is 2.31. The first-order chi connectivity index (χ1) is 9.07. The second-order valence-corrected chi connectivity index (χ2v) is 5.26. The Balaban J connectivity index is 3.15. The first kappa shape index (κ1) is 16.1. The van der Waals surface area contributed by atoms with E-state index in [1.54, 1.807) is 0 Å². The molecule has 1 aromatic carbocycles. The molecule has 0 aliphatic carbocycles. The predicted molar refractivity (Wildman–Crippen MR) is 62.2 cm³/mol. The Morgan fingerprint density at radius 2 is 1.95 bits per heavy atom.